The maximum absolute atomic E-state index is 13.2. The molecule has 0 atom stereocenters. The van der Waals surface area contributed by atoms with Crippen molar-refractivity contribution in [2.45, 2.75) is 68.5 Å². The van der Waals surface area contributed by atoms with E-state index in [0.717, 1.165) is 4.31 Å². The van der Waals surface area contributed by atoms with Gasteiger partial charge < -0.3 is 20.5 Å². The standard InChI is InChI=1S/C22H34F3N3O5S/c1-28(2)34(31,32)20-18(27-13-7-5-3-4-6-12-22(23,24)25)9-8-17(21(29)30)19(20)33-16-10-14-26-15-11-16/h8-9,16,26-27H,3-7,10-15H2,1-2H3,(H,29,30). The van der Waals surface area contributed by atoms with Gasteiger partial charge in [0.25, 0.3) is 0 Å². The number of benzene rings is 1. The molecule has 0 radical (unpaired) electrons. The summed E-state index contributed by atoms with van der Waals surface area (Å²) in [6, 6.07) is 2.74. The topological polar surface area (TPSA) is 108 Å². The van der Waals surface area contributed by atoms with Crippen LogP contribution < -0.4 is 15.4 Å². The fourth-order valence-corrected chi connectivity index (χ4v) is 4.89. The molecule has 0 bridgehead atoms. The molecule has 0 spiro atoms. The molecule has 1 aliphatic rings. The summed E-state index contributed by atoms with van der Waals surface area (Å²) < 4.78 is 70.0. The summed E-state index contributed by atoms with van der Waals surface area (Å²) in [7, 11) is -1.33. The smallest absolute Gasteiger partial charge is 0.389 e. The number of rotatable bonds is 13. The van der Waals surface area contributed by atoms with Crippen molar-refractivity contribution < 1.29 is 36.2 Å². The third-order valence-electron chi connectivity index (χ3n) is 5.60. The number of sulfonamides is 1. The first-order valence-electron chi connectivity index (χ1n) is 11.4. The summed E-state index contributed by atoms with van der Waals surface area (Å²) >= 11 is 0. The number of nitrogens with one attached hydrogen (secondary N) is 2. The maximum atomic E-state index is 13.2. The molecule has 1 heterocycles. The zero-order chi connectivity index (χ0) is 25.4. The minimum Gasteiger partial charge on any atom is -0.488 e. The van der Waals surface area contributed by atoms with E-state index in [1.165, 1.54) is 26.2 Å². The van der Waals surface area contributed by atoms with Gasteiger partial charge in [0, 0.05) is 27.1 Å². The van der Waals surface area contributed by atoms with Crippen molar-refractivity contribution in [3.63, 3.8) is 0 Å². The molecule has 0 amide bonds. The third-order valence-corrected chi connectivity index (χ3v) is 7.49. The molecule has 0 saturated carbocycles. The van der Waals surface area contributed by atoms with Crippen molar-refractivity contribution in [3.8, 4) is 5.75 Å². The number of ether oxygens (including phenoxy) is 1. The van der Waals surface area contributed by atoms with Gasteiger partial charge in [-0.2, -0.15) is 13.2 Å². The minimum atomic E-state index is -4.13. The Hall–Kier alpha value is -2.05. The van der Waals surface area contributed by atoms with Gasteiger partial charge in [-0.25, -0.2) is 17.5 Å². The number of carboxylic acid groups (broad SMARTS) is 1. The zero-order valence-electron chi connectivity index (χ0n) is 19.6. The average Bonchev–Trinajstić information content (AvgIpc) is 2.75. The van der Waals surface area contributed by atoms with E-state index in [1.807, 2.05) is 0 Å². The summed E-state index contributed by atoms with van der Waals surface area (Å²) in [5.41, 5.74) is 0.00822. The highest BCUT2D eigenvalue weighted by atomic mass is 32.2. The Morgan fingerprint density at radius 1 is 1.15 bits per heavy atom. The first-order valence-corrected chi connectivity index (χ1v) is 12.9. The molecule has 8 nitrogen and oxygen atoms in total. The highest BCUT2D eigenvalue weighted by Crippen LogP contribution is 2.38. The Morgan fingerprint density at radius 3 is 2.35 bits per heavy atom. The van der Waals surface area contributed by atoms with Crippen LogP contribution in [0.4, 0.5) is 18.9 Å². The predicted octanol–water partition coefficient (Wildman–Crippen LogP) is 4.08. The second-order valence-corrected chi connectivity index (χ2v) is 10.6. The van der Waals surface area contributed by atoms with Crippen molar-refractivity contribution in [1.82, 2.24) is 9.62 Å². The van der Waals surface area contributed by atoms with E-state index in [0.29, 0.717) is 58.2 Å². The van der Waals surface area contributed by atoms with E-state index >= 15 is 0 Å². The van der Waals surface area contributed by atoms with Crippen molar-refractivity contribution in [2.75, 3.05) is 39.0 Å². The fraction of sp³-hybridized carbons (Fsp3) is 0.682. The molecule has 2 rings (SSSR count). The van der Waals surface area contributed by atoms with Crippen molar-refractivity contribution >= 4 is 21.7 Å². The molecule has 194 valence electrons. The third kappa shape index (κ3) is 8.31. The molecule has 12 heteroatoms. The van der Waals surface area contributed by atoms with Gasteiger partial charge in [0.1, 0.15) is 16.6 Å². The summed E-state index contributed by atoms with van der Waals surface area (Å²) in [6.45, 7) is 1.75. The second kappa shape index (κ2) is 12.6. The van der Waals surface area contributed by atoms with E-state index < -0.39 is 28.6 Å². The summed E-state index contributed by atoms with van der Waals surface area (Å²) in [4.78, 5) is 11.7. The van der Waals surface area contributed by atoms with E-state index in [1.54, 1.807) is 0 Å². The average molecular weight is 510 g/mol. The zero-order valence-corrected chi connectivity index (χ0v) is 20.4. The molecule has 0 unspecified atom stereocenters. The number of unbranched alkanes of at least 4 members (excludes halogenated alkanes) is 4. The number of halogens is 3. The van der Waals surface area contributed by atoms with Gasteiger partial charge in [-0.05, 0) is 50.9 Å². The van der Waals surface area contributed by atoms with Crippen LogP contribution in [0.3, 0.4) is 0 Å². The fourth-order valence-electron chi connectivity index (χ4n) is 3.71. The van der Waals surface area contributed by atoms with Gasteiger partial charge in [0.15, 0.2) is 5.75 Å². The lowest BCUT2D eigenvalue weighted by molar-refractivity contribution is -0.135. The number of anilines is 1. The van der Waals surface area contributed by atoms with E-state index in [2.05, 4.69) is 10.6 Å². The second-order valence-electron chi connectivity index (χ2n) is 8.54. The number of alkyl halides is 3. The molecule has 1 fully saturated rings. The maximum Gasteiger partial charge on any atom is 0.389 e. The van der Waals surface area contributed by atoms with Gasteiger partial charge >= 0.3 is 12.1 Å². The van der Waals surface area contributed by atoms with Crippen molar-refractivity contribution in [2.24, 2.45) is 0 Å². The lowest BCUT2D eigenvalue weighted by Gasteiger charge is -2.27. The Balaban J connectivity index is 2.17. The van der Waals surface area contributed by atoms with E-state index in [4.69, 9.17) is 4.74 Å². The molecule has 1 aliphatic heterocycles. The van der Waals surface area contributed by atoms with Crippen LogP contribution in [0.1, 0.15) is 61.7 Å². The molecule has 1 aromatic rings. The number of nitrogens with zero attached hydrogens (tertiary/aromatic N) is 1. The number of aromatic carboxylic acids is 1. The van der Waals surface area contributed by atoms with E-state index in [-0.39, 0.29) is 34.4 Å². The van der Waals surface area contributed by atoms with Gasteiger partial charge in [0.2, 0.25) is 10.0 Å². The van der Waals surface area contributed by atoms with Crippen molar-refractivity contribution in [1.29, 1.82) is 0 Å². The normalized spacial score (nSPS) is 15.5. The van der Waals surface area contributed by atoms with Crippen LogP contribution in [-0.4, -0.2) is 69.8 Å². The molecule has 34 heavy (non-hydrogen) atoms. The van der Waals surface area contributed by atoms with Crippen LogP contribution in [0.25, 0.3) is 0 Å². The highest BCUT2D eigenvalue weighted by molar-refractivity contribution is 7.89. The predicted molar refractivity (Wildman–Crippen MR) is 123 cm³/mol. The van der Waals surface area contributed by atoms with Gasteiger partial charge in [-0.3, -0.25) is 0 Å². The number of hydrogen-bond donors (Lipinski definition) is 3. The molecule has 0 aromatic heterocycles. The number of carbonyl (C=O) groups is 1. The van der Waals surface area contributed by atoms with Gasteiger partial charge in [-0.1, -0.05) is 19.3 Å². The van der Waals surface area contributed by atoms with Crippen LogP contribution in [0.5, 0.6) is 5.75 Å². The lowest BCUT2D eigenvalue weighted by atomic mass is 10.1. The van der Waals surface area contributed by atoms with Crippen LogP contribution in [0, 0.1) is 0 Å². The molecule has 1 saturated heterocycles. The molecule has 3 N–H and O–H groups in total. The first kappa shape index (κ1) is 28.2. The van der Waals surface area contributed by atoms with Crippen LogP contribution >= 0.6 is 0 Å². The Bertz CT molecular complexity index is 917. The van der Waals surface area contributed by atoms with Crippen LogP contribution in [0.15, 0.2) is 17.0 Å². The number of hydrogen-bond acceptors (Lipinski definition) is 6. The minimum absolute atomic E-state index is 0.0934. The molecule has 0 aliphatic carbocycles. The Morgan fingerprint density at radius 2 is 1.76 bits per heavy atom. The lowest BCUT2D eigenvalue weighted by Crippen LogP contribution is -2.35. The molecular weight excluding hydrogens is 475 g/mol. The van der Waals surface area contributed by atoms with Crippen LogP contribution in [0.2, 0.25) is 0 Å². The van der Waals surface area contributed by atoms with Gasteiger partial charge in [-0.15, -0.1) is 0 Å². The Kier molecular flexibility index (Phi) is 10.4. The largest absolute Gasteiger partial charge is 0.488 e. The van der Waals surface area contributed by atoms with Gasteiger partial charge in [0.05, 0.1) is 5.69 Å². The van der Waals surface area contributed by atoms with E-state index in [9.17, 15) is 31.5 Å². The highest BCUT2D eigenvalue weighted by Gasteiger charge is 2.32. The van der Waals surface area contributed by atoms with Crippen LogP contribution in [-0.2, 0) is 10.0 Å². The summed E-state index contributed by atoms with van der Waals surface area (Å²) in [5, 5.41) is 15.9. The quantitative estimate of drug-likeness (QED) is 0.344. The first-order chi connectivity index (χ1) is 15.9. The molecule has 1 aromatic carbocycles. The monoisotopic (exact) mass is 509 g/mol. The summed E-state index contributed by atoms with van der Waals surface area (Å²) in [6.07, 6.45) is -1.48. The number of piperidine rings is 1. The SMILES string of the molecule is CN(C)S(=O)(=O)c1c(NCCCCCCCC(F)(F)F)ccc(C(=O)O)c1OC1CCNCC1. The molecular formula is C22H34F3N3O5S. The Labute approximate surface area is 198 Å². The summed E-state index contributed by atoms with van der Waals surface area (Å²) in [5.74, 6) is -1.46. The number of carboxylic acids is 1. The van der Waals surface area contributed by atoms with Crippen molar-refractivity contribution in [3.05, 3.63) is 17.7 Å².